The van der Waals surface area contributed by atoms with Crippen molar-refractivity contribution in [3.05, 3.63) is 76.7 Å². The number of hydrogen-bond acceptors (Lipinski definition) is 5. The van der Waals surface area contributed by atoms with Crippen molar-refractivity contribution in [2.45, 2.75) is 40.2 Å². The summed E-state index contributed by atoms with van der Waals surface area (Å²) in [5.74, 6) is 0.739. The molecular weight excluding hydrogens is 374 g/mol. The summed E-state index contributed by atoms with van der Waals surface area (Å²) in [6.45, 7) is 7.66. The van der Waals surface area contributed by atoms with Gasteiger partial charge in [0.15, 0.2) is 5.76 Å². The first-order valence-corrected chi connectivity index (χ1v) is 9.97. The third-order valence-electron chi connectivity index (χ3n) is 5.43. The Labute approximate surface area is 176 Å². The molecule has 2 aromatic carbocycles. The van der Waals surface area contributed by atoms with Crippen LogP contribution in [0, 0.1) is 23.7 Å². The lowest BCUT2D eigenvalue weighted by atomic mass is 9.86. The van der Waals surface area contributed by atoms with Gasteiger partial charge in [-0.05, 0) is 24.6 Å². The van der Waals surface area contributed by atoms with E-state index in [4.69, 9.17) is 14.8 Å². The lowest BCUT2D eigenvalue weighted by Gasteiger charge is -2.19. The van der Waals surface area contributed by atoms with Gasteiger partial charge in [-0.1, -0.05) is 62.3 Å². The van der Waals surface area contributed by atoms with Crippen molar-refractivity contribution in [2.75, 3.05) is 0 Å². The average Bonchev–Trinajstić information content (AvgIpc) is 3.05. The van der Waals surface area contributed by atoms with E-state index in [9.17, 15) is 4.79 Å². The van der Waals surface area contributed by atoms with Gasteiger partial charge in [0.25, 0.3) is 0 Å². The molecule has 2 heterocycles. The number of aliphatic imine (C=N–C) groups is 1. The lowest BCUT2D eigenvalue weighted by Crippen LogP contribution is -2.22. The second-order valence-electron chi connectivity index (χ2n) is 8.61. The van der Waals surface area contributed by atoms with E-state index in [0.717, 1.165) is 33.7 Å². The number of rotatable bonds is 3. The first-order valence-electron chi connectivity index (χ1n) is 9.97. The van der Waals surface area contributed by atoms with Crippen molar-refractivity contribution in [3.63, 3.8) is 0 Å². The molecule has 0 unspecified atom stereocenters. The number of fused-ring (bicyclic) bond motifs is 3. The number of nitriles is 1. The van der Waals surface area contributed by atoms with Gasteiger partial charge < -0.3 is 4.52 Å². The minimum Gasteiger partial charge on any atom is -0.358 e. The van der Waals surface area contributed by atoms with E-state index in [-0.39, 0.29) is 12.2 Å². The Balaban J connectivity index is 1.93. The molecule has 30 heavy (non-hydrogen) atoms. The largest absolute Gasteiger partial charge is 0.358 e. The van der Waals surface area contributed by atoms with Crippen LogP contribution in [0.3, 0.4) is 0 Å². The van der Waals surface area contributed by atoms with Crippen LogP contribution < -0.4 is 0 Å². The topological polar surface area (TPSA) is 79.2 Å². The Morgan fingerprint density at radius 3 is 2.40 bits per heavy atom. The summed E-state index contributed by atoms with van der Waals surface area (Å²) < 4.78 is 5.72. The average molecular weight is 397 g/mol. The second-order valence-corrected chi connectivity index (χ2v) is 8.61. The molecule has 1 aliphatic rings. The van der Waals surface area contributed by atoms with E-state index in [1.54, 1.807) is 12.1 Å². The summed E-state index contributed by atoms with van der Waals surface area (Å²) >= 11 is 0. The van der Waals surface area contributed by atoms with E-state index < -0.39 is 11.5 Å². The summed E-state index contributed by atoms with van der Waals surface area (Å²) in [4.78, 5) is 17.9. The number of Topliss-reactive ketones (excluding diaryl/α,β-unsaturated/α-hetero) is 1. The van der Waals surface area contributed by atoms with Gasteiger partial charge in [0, 0.05) is 23.0 Å². The molecule has 4 rings (SSSR count). The normalized spacial score (nSPS) is 15.4. The maximum absolute atomic E-state index is 12.9. The molecule has 0 bridgehead atoms. The number of aryl methyl sites for hydroxylation is 1. The van der Waals surface area contributed by atoms with Crippen LogP contribution in [-0.2, 0) is 4.79 Å². The molecule has 0 N–H and O–H groups in total. The van der Waals surface area contributed by atoms with Crippen LogP contribution in [0.5, 0.6) is 0 Å². The van der Waals surface area contributed by atoms with Crippen LogP contribution >= 0.6 is 0 Å². The van der Waals surface area contributed by atoms with Crippen molar-refractivity contribution in [1.82, 2.24) is 5.16 Å². The smallest absolute Gasteiger partial charge is 0.169 e. The predicted molar refractivity (Wildman–Crippen MR) is 115 cm³/mol. The molecular formula is C25H23N3O2. The highest BCUT2D eigenvalue weighted by atomic mass is 16.5. The Hall–Kier alpha value is -3.52. The number of hydrogen-bond donors (Lipinski definition) is 0. The lowest BCUT2D eigenvalue weighted by molar-refractivity contribution is -0.126. The van der Waals surface area contributed by atoms with Crippen LogP contribution in [-0.4, -0.2) is 16.7 Å². The number of carbonyl (C=O) groups excluding carboxylic acids is 1. The third-order valence-corrected chi connectivity index (χ3v) is 5.43. The molecule has 0 saturated carbocycles. The Kier molecular flexibility index (Phi) is 4.87. The zero-order valence-electron chi connectivity index (χ0n) is 17.6. The van der Waals surface area contributed by atoms with Gasteiger partial charge in [-0.2, -0.15) is 5.26 Å². The fraction of sp³-hybridized carbons (Fsp3) is 0.280. The zero-order chi connectivity index (χ0) is 21.5. The maximum Gasteiger partial charge on any atom is 0.169 e. The highest BCUT2D eigenvalue weighted by Crippen LogP contribution is 2.41. The van der Waals surface area contributed by atoms with E-state index >= 15 is 0 Å². The van der Waals surface area contributed by atoms with Gasteiger partial charge in [-0.3, -0.25) is 9.79 Å². The van der Waals surface area contributed by atoms with Crippen LogP contribution in [0.4, 0.5) is 0 Å². The van der Waals surface area contributed by atoms with E-state index in [2.05, 4.69) is 11.2 Å². The first-order chi connectivity index (χ1) is 14.3. The van der Waals surface area contributed by atoms with Crippen molar-refractivity contribution in [2.24, 2.45) is 10.4 Å². The quantitative estimate of drug-likeness (QED) is 0.591. The SMILES string of the molecule is Cc1noc2c1-c1ccccc1C(c1ccc(C#N)cc1)=N[C@H]2CC(=O)C(C)(C)C. The monoisotopic (exact) mass is 397 g/mol. The summed E-state index contributed by atoms with van der Waals surface area (Å²) in [7, 11) is 0. The van der Waals surface area contributed by atoms with Crippen molar-refractivity contribution in [1.29, 1.82) is 5.26 Å². The molecule has 1 atom stereocenters. The van der Waals surface area contributed by atoms with E-state index in [1.165, 1.54) is 0 Å². The minimum absolute atomic E-state index is 0.112. The van der Waals surface area contributed by atoms with Gasteiger partial charge in [-0.15, -0.1) is 0 Å². The molecule has 0 aliphatic carbocycles. The fourth-order valence-electron chi connectivity index (χ4n) is 3.69. The fourth-order valence-corrected chi connectivity index (χ4v) is 3.69. The Morgan fingerprint density at radius 2 is 1.77 bits per heavy atom. The van der Waals surface area contributed by atoms with Crippen molar-refractivity contribution in [3.8, 4) is 17.2 Å². The predicted octanol–water partition coefficient (Wildman–Crippen LogP) is 5.42. The number of carbonyl (C=O) groups is 1. The number of benzene rings is 2. The zero-order valence-corrected chi connectivity index (χ0v) is 17.6. The molecule has 1 aromatic heterocycles. The van der Waals surface area contributed by atoms with Crippen molar-refractivity contribution < 1.29 is 9.32 Å². The van der Waals surface area contributed by atoms with Crippen LogP contribution in [0.15, 0.2) is 58.0 Å². The molecule has 0 radical (unpaired) electrons. The van der Waals surface area contributed by atoms with Gasteiger partial charge in [-0.25, -0.2) is 0 Å². The standard InChI is InChI=1S/C25H23N3O2/c1-15-22-18-7-5-6-8-19(18)23(17-11-9-16(14-26)10-12-17)27-20(24(22)30-28-15)13-21(29)25(2,3)4/h5-12,20H,13H2,1-4H3/t20-/m0/s1. The molecule has 0 amide bonds. The Bertz CT molecular complexity index is 1190. The van der Waals surface area contributed by atoms with E-state index in [0.29, 0.717) is 11.3 Å². The molecule has 0 fully saturated rings. The molecule has 5 heteroatoms. The third kappa shape index (κ3) is 3.46. The van der Waals surface area contributed by atoms with Crippen LogP contribution in [0.2, 0.25) is 0 Å². The van der Waals surface area contributed by atoms with Gasteiger partial charge in [0.2, 0.25) is 0 Å². The van der Waals surface area contributed by atoms with E-state index in [1.807, 2.05) is 64.1 Å². The minimum atomic E-state index is -0.474. The maximum atomic E-state index is 12.9. The van der Waals surface area contributed by atoms with Gasteiger partial charge in [0.1, 0.15) is 11.8 Å². The molecule has 0 saturated heterocycles. The number of nitrogens with zero attached hydrogens (tertiary/aromatic N) is 3. The van der Waals surface area contributed by atoms with Crippen LogP contribution in [0.25, 0.3) is 11.1 Å². The Morgan fingerprint density at radius 1 is 1.10 bits per heavy atom. The van der Waals surface area contributed by atoms with Gasteiger partial charge >= 0.3 is 0 Å². The van der Waals surface area contributed by atoms with Gasteiger partial charge in [0.05, 0.1) is 28.6 Å². The first kappa shape index (κ1) is 19.8. The molecule has 1 aliphatic heterocycles. The molecule has 3 aromatic rings. The molecule has 150 valence electrons. The number of ketones is 1. The highest BCUT2D eigenvalue weighted by molar-refractivity contribution is 6.17. The van der Waals surface area contributed by atoms with Crippen molar-refractivity contribution >= 4 is 11.5 Å². The molecule has 5 nitrogen and oxygen atoms in total. The number of aromatic nitrogens is 1. The molecule has 0 spiro atoms. The highest BCUT2D eigenvalue weighted by Gasteiger charge is 2.33. The summed E-state index contributed by atoms with van der Waals surface area (Å²) in [5, 5.41) is 13.3. The van der Waals surface area contributed by atoms with Crippen LogP contribution in [0.1, 0.15) is 61.4 Å². The second kappa shape index (κ2) is 7.38. The summed E-state index contributed by atoms with van der Waals surface area (Å²) in [5.41, 5.74) is 5.43. The summed E-state index contributed by atoms with van der Waals surface area (Å²) in [6.07, 6.45) is 0.235. The summed E-state index contributed by atoms with van der Waals surface area (Å²) in [6, 6.07) is 17.1.